The number of aliphatic hydroxyl groups excluding tert-OH is 2. The van der Waals surface area contributed by atoms with Gasteiger partial charge >= 0.3 is 5.97 Å². The third-order valence-corrected chi connectivity index (χ3v) is 12.4. The molecule has 0 spiro atoms. The molecule has 0 saturated carbocycles. The number of aliphatic hydroxyl groups is 2. The van der Waals surface area contributed by atoms with E-state index < -0.39 is 12.1 Å². The van der Waals surface area contributed by atoms with Crippen LogP contribution in [-0.4, -0.2) is 47.4 Å². The summed E-state index contributed by atoms with van der Waals surface area (Å²) in [6.07, 6.45) is 63.0. The van der Waals surface area contributed by atoms with Crippen molar-refractivity contribution >= 4 is 11.9 Å². The van der Waals surface area contributed by atoms with Crippen LogP contribution in [0.4, 0.5) is 0 Å². The Labute approximate surface area is 385 Å². The van der Waals surface area contributed by atoms with E-state index in [1.165, 1.54) is 205 Å². The van der Waals surface area contributed by atoms with Gasteiger partial charge in [-0.1, -0.05) is 243 Å². The molecule has 6 heteroatoms. The Kier molecular flexibility index (Phi) is 50.1. The van der Waals surface area contributed by atoms with Gasteiger partial charge in [0.05, 0.1) is 25.4 Å². The second-order valence-corrected chi connectivity index (χ2v) is 18.6. The Morgan fingerprint density at radius 2 is 0.806 bits per heavy atom. The van der Waals surface area contributed by atoms with Crippen LogP contribution in [0.15, 0.2) is 36.5 Å². The van der Waals surface area contributed by atoms with E-state index in [-0.39, 0.29) is 18.5 Å². The Morgan fingerprint density at radius 1 is 0.452 bits per heavy atom. The van der Waals surface area contributed by atoms with Crippen molar-refractivity contribution in [3.63, 3.8) is 0 Å². The number of rotatable bonds is 50. The van der Waals surface area contributed by atoms with Crippen molar-refractivity contribution in [1.29, 1.82) is 0 Å². The zero-order valence-electron chi connectivity index (χ0n) is 41.4. The predicted molar refractivity (Wildman–Crippen MR) is 269 cm³/mol. The molecular formula is C56H105NO5. The first-order chi connectivity index (χ1) is 30.5. The third kappa shape index (κ3) is 47.6. The first kappa shape index (κ1) is 60.1. The topological polar surface area (TPSA) is 95.9 Å². The van der Waals surface area contributed by atoms with Crippen molar-refractivity contribution < 1.29 is 24.5 Å². The van der Waals surface area contributed by atoms with E-state index in [0.29, 0.717) is 19.4 Å². The fourth-order valence-electron chi connectivity index (χ4n) is 8.19. The first-order valence-electron chi connectivity index (χ1n) is 27.3. The van der Waals surface area contributed by atoms with Crippen molar-refractivity contribution in [2.45, 2.75) is 296 Å². The first-order valence-corrected chi connectivity index (χ1v) is 27.3. The van der Waals surface area contributed by atoms with Crippen LogP contribution in [0.1, 0.15) is 284 Å². The van der Waals surface area contributed by atoms with Crippen LogP contribution in [-0.2, 0) is 14.3 Å². The van der Waals surface area contributed by atoms with Crippen LogP contribution in [0.5, 0.6) is 0 Å². The van der Waals surface area contributed by atoms with E-state index in [1.807, 2.05) is 6.08 Å². The number of carbonyl (C=O) groups excluding carboxylic acids is 2. The highest BCUT2D eigenvalue weighted by Crippen LogP contribution is 2.16. The van der Waals surface area contributed by atoms with E-state index in [1.54, 1.807) is 6.08 Å². The Balaban J connectivity index is 3.42. The van der Waals surface area contributed by atoms with Gasteiger partial charge in [0.25, 0.3) is 0 Å². The standard InChI is InChI=1S/C56H105NO5/c1-3-5-7-9-11-13-15-16-17-23-26-30-34-38-42-46-50-56(61)62-51-47-43-39-35-31-27-24-21-19-18-20-22-25-29-33-37-41-45-49-55(60)57-53(52-58)54(59)48-44-40-36-32-28-14-12-10-8-6-4-2/h13,15,17,23,44,48,53-54,58-59H,3-12,14,16,18-22,24-43,45-47,49-52H2,1-2H3,(H,57,60)/b15-13-,23-17-,48-44+. The number of allylic oxidation sites excluding steroid dienone is 5. The second-order valence-electron chi connectivity index (χ2n) is 18.6. The van der Waals surface area contributed by atoms with Gasteiger partial charge in [0.1, 0.15) is 0 Å². The fraction of sp³-hybridized carbons (Fsp3) is 0.857. The SMILES string of the molecule is CCCCCC/C=C\C/C=C\CCCCCCCC(=O)OCCCCCCCCCCCCCCCCCCCCC(=O)NC(CO)C(O)/C=C/CCCCCCCCCCC. The van der Waals surface area contributed by atoms with Crippen molar-refractivity contribution in [2.75, 3.05) is 13.2 Å². The van der Waals surface area contributed by atoms with Crippen LogP contribution >= 0.6 is 0 Å². The molecule has 0 aromatic heterocycles. The molecule has 0 saturated heterocycles. The van der Waals surface area contributed by atoms with Gasteiger partial charge in [0.15, 0.2) is 0 Å². The summed E-state index contributed by atoms with van der Waals surface area (Å²) in [4.78, 5) is 24.4. The lowest BCUT2D eigenvalue weighted by molar-refractivity contribution is -0.143. The summed E-state index contributed by atoms with van der Waals surface area (Å²) in [6.45, 7) is 4.86. The number of hydrogen-bond donors (Lipinski definition) is 3. The predicted octanol–water partition coefficient (Wildman–Crippen LogP) is 16.5. The molecule has 1 amide bonds. The molecule has 62 heavy (non-hydrogen) atoms. The number of esters is 1. The third-order valence-electron chi connectivity index (χ3n) is 12.4. The number of unbranched alkanes of at least 4 members (excludes halogenated alkanes) is 35. The van der Waals surface area contributed by atoms with Crippen molar-refractivity contribution in [3.05, 3.63) is 36.5 Å². The molecule has 0 fully saturated rings. The molecule has 0 aromatic carbocycles. The summed E-state index contributed by atoms with van der Waals surface area (Å²) >= 11 is 0. The molecule has 3 N–H and O–H groups in total. The van der Waals surface area contributed by atoms with Crippen molar-refractivity contribution in [3.8, 4) is 0 Å². The summed E-state index contributed by atoms with van der Waals surface area (Å²) < 4.78 is 5.47. The Hall–Kier alpha value is -1.92. The van der Waals surface area contributed by atoms with E-state index in [4.69, 9.17) is 4.74 Å². The molecule has 364 valence electrons. The fourth-order valence-corrected chi connectivity index (χ4v) is 8.19. The van der Waals surface area contributed by atoms with Crippen LogP contribution in [0.3, 0.4) is 0 Å². The summed E-state index contributed by atoms with van der Waals surface area (Å²) in [5, 5.41) is 23.0. The molecule has 6 nitrogen and oxygen atoms in total. The number of ether oxygens (including phenoxy) is 1. The number of nitrogens with one attached hydrogen (secondary N) is 1. The van der Waals surface area contributed by atoms with Gasteiger partial charge < -0.3 is 20.3 Å². The van der Waals surface area contributed by atoms with Crippen molar-refractivity contribution in [2.24, 2.45) is 0 Å². The minimum atomic E-state index is -0.846. The average molecular weight is 872 g/mol. The van der Waals surface area contributed by atoms with Crippen LogP contribution < -0.4 is 5.32 Å². The number of hydrogen-bond acceptors (Lipinski definition) is 5. The van der Waals surface area contributed by atoms with Gasteiger partial charge in [-0.15, -0.1) is 0 Å². The minimum Gasteiger partial charge on any atom is -0.466 e. The lowest BCUT2D eigenvalue weighted by atomic mass is 10.0. The van der Waals surface area contributed by atoms with Gasteiger partial charge in [-0.05, 0) is 64.2 Å². The summed E-state index contributed by atoms with van der Waals surface area (Å²) in [5.74, 6) is -0.0815. The van der Waals surface area contributed by atoms with Gasteiger partial charge in [-0.2, -0.15) is 0 Å². The highest BCUT2D eigenvalue weighted by Gasteiger charge is 2.18. The van der Waals surface area contributed by atoms with E-state index in [0.717, 1.165) is 51.4 Å². The van der Waals surface area contributed by atoms with Crippen LogP contribution in [0.25, 0.3) is 0 Å². The van der Waals surface area contributed by atoms with Gasteiger partial charge in [-0.3, -0.25) is 9.59 Å². The second kappa shape index (κ2) is 51.7. The van der Waals surface area contributed by atoms with Crippen molar-refractivity contribution in [1.82, 2.24) is 5.32 Å². The smallest absolute Gasteiger partial charge is 0.305 e. The van der Waals surface area contributed by atoms with E-state index in [2.05, 4.69) is 43.5 Å². The quantitative estimate of drug-likeness (QED) is 0.0321. The molecule has 0 bridgehead atoms. The van der Waals surface area contributed by atoms with E-state index >= 15 is 0 Å². The zero-order chi connectivity index (χ0) is 45.1. The average Bonchev–Trinajstić information content (AvgIpc) is 3.27. The summed E-state index contributed by atoms with van der Waals surface area (Å²) in [5.41, 5.74) is 0. The highest BCUT2D eigenvalue weighted by molar-refractivity contribution is 5.76. The van der Waals surface area contributed by atoms with Gasteiger partial charge in [0, 0.05) is 12.8 Å². The normalized spacial score (nSPS) is 12.9. The monoisotopic (exact) mass is 872 g/mol. The van der Waals surface area contributed by atoms with Gasteiger partial charge in [-0.25, -0.2) is 0 Å². The molecule has 0 rings (SSSR count). The molecule has 0 aromatic rings. The Bertz CT molecular complexity index is 1010. The van der Waals surface area contributed by atoms with Gasteiger partial charge in [0.2, 0.25) is 5.91 Å². The number of carbonyl (C=O) groups is 2. The molecule has 0 radical (unpaired) electrons. The van der Waals surface area contributed by atoms with Crippen LogP contribution in [0, 0.1) is 0 Å². The highest BCUT2D eigenvalue weighted by atomic mass is 16.5. The maximum Gasteiger partial charge on any atom is 0.305 e. The minimum absolute atomic E-state index is 0.00753. The lowest BCUT2D eigenvalue weighted by Crippen LogP contribution is -2.45. The molecule has 0 aliphatic rings. The van der Waals surface area contributed by atoms with E-state index in [9.17, 15) is 19.8 Å². The molecule has 0 heterocycles. The largest absolute Gasteiger partial charge is 0.466 e. The molecule has 0 aliphatic heterocycles. The molecule has 2 atom stereocenters. The molecule has 2 unspecified atom stereocenters. The molecule has 0 aliphatic carbocycles. The molecular weight excluding hydrogens is 767 g/mol. The Morgan fingerprint density at radius 3 is 1.24 bits per heavy atom. The lowest BCUT2D eigenvalue weighted by Gasteiger charge is -2.20. The maximum atomic E-state index is 12.4. The summed E-state index contributed by atoms with van der Waals surface area (Å²) in [7, 11) is 0. The maximum absolute atomic E-state index is 12.4. The number of amides is 1. The van der Waals surface area contributed by atoms with Crippen LogP contribution in [0.2, 0.25) is 0 Å². The summed E-state index contributed by atoms with van der Waals surface area (Å²) in [6, 6.07) is -0.630. The zero-order valence-corrected chi connectivity index (χ0v) is 41.4.